The summed E-state index contributed by atoms with van der Waals surface area (Å²) in [6, 6.07) is 0. The fourth-order valence-electron chi connectivity index (χ4n) is 1.36. The highest BCUT2D eigenvalue weighted by atomic mass is 19.4. The van der Waals surface area contributed by atoms with Gasteiger partial charge in [-0.05, 0) is 25.2 Å². The van der Waals surface area contributed by atoms with Crippen LogP contribution in [0.25, 0.3) is 0 Å². The normalized spacial score (nSPS) is 16.4. The van der Waals surface area contributed by atoms with Gasteiger partial charge >= 0.3 is 6.18 Å². The number of carbonyl (C=O) groups is 1. The van der Waals surface area contributed by atoms with Gasteiger partial charge in [0.1, 0.15) is 5.60 Å². The monoisotopic (exact) mass is 268 g/mol. The molecule has 0 aromatic rings. The van der Waals surface area contributed by atoms with Gasteiger partial charge in [0.25, 0.3) is 5.78 Å². The summed E-state index contributed by atoms with van der Waals surface area (Å²) in [5, 5.41) is 0. The van der Waals surface area contributed by atoms with Gasteiger partial charge in [-0.15, -0.1) is 0 Å². The zero-order valence-electron chi connectivity index (χ0n) is 11.8. The van der Waals surface area contributed by atoms with Gasteiger partial charge < -0.3 is 4.74 Å². The zero-order chi connectivity index (χ0) is 14.6. The number of Topliss-reactive ketones (excluding diaryl/α,β-unsaturated/α-hetero) is 1. The second kappa shape index (κ2) is 6.04. The van der Waals surface area contributed by atoms with E-state index in [1.165, 1.54) is 13.8 Å². The first-order valence-electron chi connectivity index (χ1n) is 6.24. The molecule has 5 heteroatoms. The van der Waals surface area contributed by atoms with Crippen LogP contribution in [0.2, 0.25) is 0 Å². The number of ether oxygens (including phenoxy) is 1. The van der Waals surface area contributed by atoms with Crippen molar-refractivity contribution in [2.75, 3.05) is 6.61 Å². The van der Waals surface area contributed by atoms with Crippen LogP contribution in [0.5, 0.6) is 0 Å². The van der Waals surface area contributed by atoms with E-state index in [-0.39, 0.29) is 18.4 Å². The Morgan fingerprint density at radius 1 is 1.06 bits per heavy atom. The van der Waals surface area contributed by atoms with Crippen LogP contribution in [0.4, 0.5) is 13.2 Å². The summed E-state index contributed by atoms with van der Waals surface area (Å²) < 4.78 is 42.5. The average Bonchev–Trinajstić information content (AvgIpc) is 2.26. The van der Waals surface area contributed by atoms with Gasteiger partial charge in [-0.3, -0.25) is 4.79 Å². The number of rotatable bonds is 7. The molecule has 1 unspecified atom stereocenters. The van der Waals surface area contributed by atoms with Crippen molar-refractivity contribution in [1.29, 1.82) is 0 Å². The van der Waals surface area contributed by atoms with E-state index < -0.39 is 17.6 Å². The molecular weight excluding hydrogens is 245 g/mol. The third kappa shape index (κ3) is 4.96. The molecule has 0 heterocycles. The molecule has 0 spiro atoms. The highest BCUT2D eigenvalue weighted by Gasteiger charge is 2.50. The number of hydrogen-bond acceptors (Lipinski definition) is 2. The molecule has 0 saturated carbocycles. The predicted molar refractivity (Wildman–Crippen MR) is 64.4 cm³/mol. The van der Waals surface area contributed by atoms with Gasteiger partial charge in [-0.1, -0.05) is 34.1 Å². The lowest BCUT2D eigenvalue weighted by Gasteiger charge is -2.30. The molecule has 0 aromatic carbocycles. The Bertz CT molecular complexity index is 284. The summed E-state index contributed by atoms with van der Waals surface area (Å²) in [7, 11) is 0. The molecule has 0 aliphatic heterocycles. The second-order valence-electron chi connectivity index (χ2n) is 5.53. The van der Waals surface area contributed by atoms with E-state index in [2.05, 4.69) is 0 Å². The zero-order valence-corrected chi connectivity index (χ0v) is 11.8. The Balaban J connectivity index is 4.56. The molecule has 0 bridgehead atoms. The molecule has 0 fully saturated rings. The van der Waals surface area contributed by atoms with Crippen LogP contribution in [-0.2, 0) is 9.53 Å². The molecule has 0 saturated heterocycles. The van der Waals surface area contributed by atoms with Crippen molar-refractivity contribution in [3.05, 3.63) is 0 Å². The minimum Gasteiger partial charge on any atom is -0.367 e. The van der Waals surface area contributed by atoms with Crippen LogP contribution in [0.1, 0.15) is 53.9 Å². The molecule has 0 aliphatic carbocycles. The Hall–Kier alpha value is -0.580. The molecule has 0 amide bonds. The van der Waals surface area contributed by atoms with Gasteiger partial charge in [-0.2, -0.15) is 13.2 Å². The first-order valence-corrected chi connectivity index (χ1v) is 6.24. The van der Waals surface area contributed by atoms with Crippen molar-refractivity contribution in [3.8, 4) is 0 Å². The van der Waals surface area contributed by atoms with Gasteiger partial charge in [0.05, 0.1) is 0 Å². The summed E-state index contributed by atoms with van der Waals surface area (Å²) in [5.41, 5.74) is -1.75. The van der Waals surface area contributed by atoms with Crippen LogP contribution in [-0.4, -0.2) is 24.2 Å². The fourth-order valence-corrected chi connectivity index (χ4v) is 1.36. The molecule has 0 rings (SSSR count). The van der Waals surface area contributed by atoms with E-state index in [9.17, 15) is 18.0 Å². The van der Waals surface area contributed by atoms with Crippen molar-refractivity contribution < 1.29 is 22.7 Å². The maximum atomic E-state index is 12.4. The largest absolute Gasteiger partial charge is 0.453 e. The van der Waals surface area contributed by atoms with Gasteiger partial charge in [0, 0.05) is 6.61 Å². The maximum Gasteiger partial charge on any atom is 0.453 e. The Kier molecular flexibility index (Phi) is 5.85. The number of carbonyl (C=O) groups excluding carboxylic acids is 1. The quantitative estimate of drug-likeness (QED) is 0.694. The molecule has 108 valence electrons. The van der Waals surface area contributed by atoms with Crippen molar-refractivity contribution in [3.63, 3.8) is 0 Å². The van der Waals surface area contributed by atoms with Gasteiger partial charge in [-0.25, -0.2) is 0 Å². The molecule has 0 aliphatic rings. The van der Waals surface area contributed by atoms with Crippen molar-refractivity contribution in [2.45, 2.75) is 65.7 Å². The standard InChI is InChI=1S/C13H23F3O2/c1-6-11(3,4)8-9-18-12(5,7-2)10(17)13(14,15)16/h6-9H2,1-5H3. The van der Waals surface area contributed by atoms with E-state index in [4.69, 9.17) is 4.74 Å². The molecule has 2 nitrogen and oxygen atoms in total. The van der Waals surface area contributed by atoms with E-state index in [1.807, 2.05) is 20.8 Å². The number of alkyl halides is 3. The minimum atomic E-state index is -4.84. The summed E-state index contributed by atoms with van der Waals surface area (Å²) in [6.45, 7) is 8.94. The van der Waals surface area contributed by atoms with Crippen LogP contribution in [0.15, 0.2) is 0 Å². The number of ketones is 1. The fraction of sp³-hybridized carbons (Fsp3) is 0.923. The maximum absolute atomic E-state index is 12.4. The van der Waals surface area contributed by atoms with Crippen molar-refractivity contribution >= 4 is 5.78 Å². The van der Waals surface area contributed by atoms with Gasteiger partial charge in [0.15, 0.2) is 0 Å². The highest BCUT2D eigenvalue weighted by molar-refractivity contribution is 5.91. The second-order valence-corrected chi connectivity index (χ2v) is 5.53. The van der Waals surface area contributed by atoms with Crippen LogP contribution >= 0.6 is 0 Å². The third-order valence-electron chi connectivity index (χ3n) is 3.57. The minimum absolute atomic E-state index is 0.00985. The van der Waals surface area contributed by atoms with Crippen LogP contribution in [0.3, 0.4) is 0 Å². The molecule has 0 radical (unpaired) electrons. The smallest absolute Gasteiger partial charge is 0.367 e. The Labute approximate surface area is 107 Å². The first kappa shape index (κ1) is 17.4. The molecule has 18 heavy (non-hydrogen) atoms. The predicted octanol–water partition coefficient (Wildman–Crippen LogP) is 4.13. The number of halogens is 3. The SMILES string of the molecule is CCC(C)(C)CCOC(C)(CC)C(=O)C(F)(F)F. The molecule has 0 N–H and O–H groups in total. The van der Waals surface area contributed by atoms with E-state index in [1.54, 1.807) is 0 Å². The average molecular weight is 268 g/mol. The van der Waals surface area contributed by atoms with Crippen LogP contribution in [0, 0.1) is 5.41 Å². The lowest BCUT2D eigenvalue weighted by Crippen LogP contribution is -2.46. The molecule has 0 aromatic heterocycles. The summed E-state index contributed by atoms with van der Waals surface area (Å²) in [5.74, 6) is -1.80. The summed E-state index contributed by atoms with van der Waals surface area (Å²) in [4.78, 5) is 11.3. The van der Waals surface area contributed by atoms with E-state index in [0.29, 0.717) is 6.42 Å². The van der Waals surface area contributed by atoms with E-state index >= 15 is 0 Å². The molecule has 1 atom stereocenters. The lowest BCUT2D eigenvalue weighted by molar-refractivity contribution is -0.194. The number of hydrogen-bond donors (Lipinski definition) is 0. The highest BCUT2D eigenvalue weighted by Crippen LogP contribution is 2.30. The lowest BCUT2D eigenvalue weighted by atomic mass is 9.87. The Morgan fingerprint density at radius 3 is 1.89 bits per heavy atom. The van der Waals surface area contributed by atoms with Gasteiger partial charge in [0.2, 0.25) is 0 Å². The first-order chi connectivity index (χ1) is 7.98. The van der Waals surface area contributed by atoms with Crippen molar-refractivity contribution in [1.82, 2.24) is 0 Å². The topological polar surface area (TPSA) is 26.3 Å². The van der Waals surface area contributed by atoms with Crippen LogP contribution < -0.4 is 0 Å². The molecular formula is C13H23F3O2. The summed E-state index contributed by atoms with van der Waals surface area (Å²) in [6.07, 6.45) is -3.29. The summed E-state index contributed by atoms with van der Waals surface area (Å²) >= 11 is 0. The Morgan fingerprint density at radius 2 is 1.56 bits per heavy atom. The third-order valence-corrected chi connectivity index (χ3v) is 3.57. The van der Waals surface area contributed by atoms with Crippen molar-refractivity contribution in [2.24, 2.45) is 5.41 Å². The van der Waals surface area contributed by atoms with E-state index in [0.717, 1.165) is 6.42 Å².